The molecule has 1 atom stereocenters. The number of carbonyl (C=O) groups excluding carboxylic acids is 1. The summed E-state index contributed by atoms with van der Waals surface area (Å²) in [5.41, 5.74) is 0.923. The standard InChI is InChI=1S/C20H25BrN4O3/c1-20(2,3)28-19(27)25-10-8-24(9-11-25)18-22-12-15(13-23-18)17(26)14-4-6-16(21)7-5-14/h4-7,12-13,17,26H,8-11H2,1-3H3. The lowest BCUT2D eigenvalue weighted by Gasteiger charge is -2.35. The lowest BCUT2D eigenvalue weighted by atomic mass is 10.0. The average molecular weight is 449 g/mol. The van der Waals surface area contributed by atoms with E-state index in [-0.39, 0.29) is 6.09 Å². The molecule has 0 bridgehead atoms. The number of ether oxygens (including phenoxy) is 1. The molecule has 1 N–H and O–H groups in total. The van der Waals surface area contributed by atoms with Gasteiger partial charge in [-0.15, -0.1) is 0 Å². The first-order valence-electron chi connectivity index (χ1n) is 9.21. The van der Waals surface area contributed by atoms with Gasteiger partial charge in [0.05, 0.1) is 0 Å². The number of rotatable bonds is 3. The van der Waals surface area contributed by atoms with Gasteiger partial charge in [0.1, 0.15) is 11.7 Å². The van der Waals surface area contributed by atoms with Gasteiger partial charge in [0, 0.05) is 48.6 Å². The van der Waals surface area contributed by atoms with Crippen molar-refractivity contribution < 1.29 is 14.6 Å². The van der Waals surface area contributed by atoms with E-state index in [2.05, 4.69) is 25.9 Å². The first kappa shape index (κ1) is 20.5. The maximum Gasteiger partial charge on any atom is 0.410 e. The molecular formula is C20H25BrN4O3. The Labute approximate surface area is 173 Å². The molecule has 8 heteroatoms. The molecule has 1 aromatic carbocycles. The van der Waals surface area contributed by atoms with E-state index in [9.17, 15) is 9.90 Å². The summed E-state index contributed by atoms with van der Waals surface area (Å²) in [4.78, 5) is 24.7. The molecule has 7 nitrogen and oxygen atoms in total. The van der Waals surface area contributed by atoms with Crippen molar-refractivity contribution in [3.05, 3.63) is 52.3 Å². The van der Waals surface area contributed by atoms with Crippen LogP contribution in [-0.2, 0) is 4.74 Å². The van der Waals surface area contributed by atoms with Crippen LogP contribution in [0.4, 0.5) is 10.7 Å². The van der Waals surface area contributed by atoms with Crippen LogP contribution < -0.4 is 4.90 Å². The second-order valence-electron chi connectivity index (χ2n) is 7.72. The van der Waals surface area contributed by atoms with E-state index in [1.54, 1.807) is 17.3 Å². The van der Waals surface area contributed by atoms with Gasteiger partial charge in [0.15, 0.2) is 0 Å². The van der Waals surface area contributed by atoms with Crippen LogP contribution in [0.25, 0.3) is 0 Å². The Balaban J connectivity index is 1.59. The molecule has 1 amide bonds. The number of aromatic nitrogens is 2. The number of carbonyl (C=O) groups is 1. The largest absolute Gasteiger partial charge is 0.444 e. The molecule has 0 spiro atoms. The molecule has 1 aromatic heterocycles. The Kier molecular flexibility index (Phi) is 6.20. The predicted octanol–water partition coefficient (Wildman–Crippen LogP) is 3.38. The summed E-state index contributed by atoms with van der Waals surface area (Å²) in [7, 11) is 0. The summed E-state index contributed by atoms with van der Waals surface area (Å²) >= 11 is 3.39. The topological polar surface area (TPSA) is 78.8 Å². The SMILES string of the molecule is CC(C)(C)OC(=O)N1CCN(c2ncc(C(O)c3ccc(Br)cc3)cn2)CC1. The molecule has 1 fully saturated rings. The molecule has 1 saturated heterocycles. The minimum atomic E-state index is -0.772. The van der Waals surface area contributed by atoms with Crippen LogP contribution in [0.3, 0.4) is 0 Å². The molecule has 28 heavy (non-hydrogen) atoms. The quantitative estimate of drug-likeness (QED) is 0.774. The summed E-state index contributed by atoms with van der Waals surface area (Å²) in [6.07, 6.45) is 2.23. The van der Waals surface area contributed by atoms with E-state index in [4.69, 9.17) is 4.74 Å². The highest BCUT2D eigenvalue weighted by atomic mass is 79.9. The lowest BCUT2D eigenvalue weighted by Crippen LogP contribution is -2.50. The van der Waals surface area contributed by atoms with Crippen LogP contribution in [0, 0.1) is 0 Å². The number of benzene rings is 1. The minimum absolute atomic E-state index is 0.291. The molecular weight excluding hydrogens is 424 g/mol. The van der Waals surface area contributed by atoms with E-state index < -0.39 is 11.7 Å². The van der Waals surface area contributed by atoms with Gasteiger partial charge in [-0.05, 0) is 38.5 Å². The van der Waals surface area contributed by atoms with Crippen LogP contribution in [0.2, 0.25) is 0 Å². The van der Waals surface area contributed by atoms with E-state index in [1.165, 1.54) is 0 Å². The number of halogens is 1. The van der Waals surface area contributed by atoms with Gasteiger partial charge >= 0.3 is 6.09 Å². The van der Waals surface area contributed by atoms with E-state index in [1.807, 2.05) is 49.9 Å². The van der Waals surface area contributed by atoms with Crippen molar-refractivity contribution in [3.63, 3.8) is 0 Å². The van der Waals surface area contributed by atoms with Crippen LogP contribution in [0.15, 0.2) is 41.1 Å². The molecule has 2 heterocycles. The zero-order chi connectivity index (χ0) is 20.3. The Morgan fingerprint density at radius 1 is 1.07 bits per heavy atom. The molecule has 1 unspecified atom stereocenters. The first-order chi connectivity index (χ1) is 13.2. The molecule has 0 aliphatic carbocycles. The third-order valence-corrected chi connectivity index (χ3v) is 4.90. The van der Waals surface area contributed by atoms with E-state index in [0.717, 1.165) is 10.0 Å². The van der Waals surface area contributed by atoms with E-state index >= 15 is 0 Å². The summed E-state index contributed by atoms with van der Waals surface area (Å²) < 4.78 is 6.37. The smallest absolute Gasteiger partial charge is 0.410 e. The summed E-state index contributed by atoms with van der Waals surface area (Å²) in [6.45, 7) is 7.96. The maximum absolute atomic E-state index is 12.2. The molecule has 0 radical (unpaired) electrons. The van der Waals surface area contributed by atoms with Crippen molar-refractivity contribution in [2.45, 2.75) is 32.5 Å². The normalized spacial score (nSPS) is 16.0. The van der Waals surface area contributed by atoms with Crippen molar-refractivity contribution in [1.29, 1.82) is 0 Å². The van der Waals surface area contributed by atoms with E-state index in [0.29, 0.717) is 37.7 Å². The maximum atomic E-state index is 12.2. The Hall–Kier alpha value is -2.19. The van der Waals surface area contributed by atoms with Gasteiger partial charge < -0.3 is 19.6 Å². The second-order valence-corrected chi connectivity index (χ2v) is 8.64. The van der Waals surface area contributed by atoms with Gasteiger partial charge in [0.25, 0.3) is 0 Å². The highest BCUT2D eigenvalue weighted by Crippen LogP contribution is 2.23. The van der Waals surface area contributed by atoms with Gasteiger partial charge in [-0.25, -0.2) is 14.8 Å². The fourth-order valence-electron chi connectivity index (χ4n) is 2.89. The molecule has 150 valence electrons. The number of hydrogen-bond donors (Lipinski definition) is 1. The van der Waals surface area contributed by atoms with Gasteiger partial charge in [-0.3, -0.25) is 0 Å². The highest BCUT2D eigenvalue weighted by Gasteiger charge is 2.26. The van der Waals surface area contributed by atoms with Crippen LogP contribution >= 0.6 is 15.9 Å². The van der Waals surface area contributed by atoms with Crippen molar-refractivity contribution in [1.82, 2.24) is 14.9 Å². The van der Waals surface area contributed by atoms with Crippen LogP contribution in [-0.4, -0.2) is 57.8 Å². The number of nitrogens with zero attached hydrogens (tertiary/aromatic N) is 4. The van der Waals surface area contributed by atoms with Crippen molar-refractivity contribution in [2.24, 2.45) is 0 Å². The Morgan fingerprint density at radius 2 is 1.64 bits per heavy atom. The monoisotopic (exact) mass is 448 g/mol. The molecule has 2 aromatic rings. The van der Waals surface area contributed by atoms with Gasteiger partial charge in [0.2, 0.25) is 5.95 Å². The van der Waals surface area contributed by atoms with Crippen LogP contribution in [0.5, 0.6) is 0 Å². The number of hydrogen-bond acceptors (Lipinski definition) is 6. The lowest BCUT2D eigenvalue weighted by molar-refractivity contribution is 0.0240. The highest BCUT2D eigenvalue weighted by molar-refractivity contribution is 9.10. The minimum Gasteiger partial charge on any atom is -0.444 e. The number of amides is 1. The second kappa shape index (κ2) is 8.45. The number of aliphatic hydroxyl groups is 1. The average Bonchev–Trinajstić information content (AvgIpc) is 2.67. The van der Waals surface area contributed by atoms with Gasteiger partial charge in [-0.2, -0.15) is 0 Å². The zero-order valence-electron chi connectivity index (χ0n) is 16.3. The Bertz CT molecular complexity index is 798. The number of anilines is 1. The molecule has 1 aliphatic heterocycles. The third kappa shape index (κ3) is 5.20. The fourth-order valence-corrected chi connectivity index (χ4v) is 3.15. The molecule has 0 saturated carbocycles. The predicted molar refractivity (Wildman–Crippen MR) is 110 cm³/mol. The van der Waals surface area contributed by atoms with Crippen molar-refractivity contribution in [3.8, 4) is 0 Å². The Morgan fingerprint density at radius 3 is 2.18 bits per heavy atom. The first-order valence-corrected chi connectivity index (χ1v) is 10.0. The summed E-state index contributed by atoms with van der Waals surface area (Å²) in [6, 6.07) is 7.49. The number of piperazine rings is 1. The summed E-state index contributed by atoms with van der Waals surface area (Å²) in [5.74, 6) is 0.593. The van der Waals surface area contributed by atoms with Gasteiger partial charge in [-0.1, -0.05) is 28.1 Å². The molecule has 3 rings (SSSR count). The summed E-state index contributed by atoms with van der Waals surface area (Å²) in [5, 5.41) is 10.5. The van der Waals surface area contributed by atoms with Crippen molar-refractivity contribution >= 4 is 28.0 Å². The molecule has 1 aliphatic rings. The third-order valence-electron chi connectivity index (χ3n) is 4.37. The van der Waals surface area contributed by atoms with Crippen molar-refractivity contribution in [2.75, 3.05) is 31.1 Å². The zero-order valence-corrected chi connectivity index (χ0v) is 17.9. The number of aliphatic hydroxyl groups excluding tert-OH is 1. The van der Waals surface area contributed by atoms with Crippen LogP contribution in [0.1, 0.15) is 38.0 Å². The fraction of sp³-hybridized carbons (Fsp3) is 0.450.